The van der Waals surface area contributed by atoms with E-state index in [0.29, 0.717) is 19.9 Å². The lowest BCUT2D eigenvalue weighted by Gasteiger charge is -2.03. The molecular weight excluding hydrogens is 340 g/mol. The van der Waals surface area contributed by atoms with Crippen molar-refractivity contribution in [2.75, 3.05) is 5.32 Å². The molecule has 0 bridgehead atoms. The molecule has 0 fully saturated rings. The number of carbonyl (C=O) groups is 1. The minimum absolute atomic E-state index is 0.314. The number of thiophene rings is 2. The average molecular weight is 346 g/mol. The second kappa shape index (κ2) is 5.33. The van der Waals surface area contributed by atoms with Crippen LogP contribution in [0.4, 0.5) is 10.1 Å². The van der Waals surface area contributed by atoms with Crippen molar-refractivity contribution in [3.63, 3.8) is 0 Å². The van der Waals surface area contributed by atoms with E-state index in [1.165, 1.54) is 46.9 Å². The van der Waals surface area contributed by atoms with Gasteiger partial charge in [0.1, 0.15) is 10.7 Å². The van der Waals surface area contributed by atoms with E-state index in [9.17, 15) is 9.18 Å². The number of carbonyl (C=O) groups excluding carboxylic acids is 1. The maximum Gasteiger partial charge on any atom is 0.267 e. The Morgan fingerprint density at radius 2 is 1.85 bits per heavy atom. The zero-order chi connectivity index (χ0) is 14.3. The zero-order valence-electron chi connectivity index (χ0n) is 9.75. The average Bonchev–Trinajstić information content (AvgIpc) is 2.91. The van der Waals surface area contributed by atoms with Crippen LogP contribution in [-0.2, 0) is 0 Å². The Morgan fingerprint density at radius 1 is 1.15 bits per heavy atom. The largest absolute Gasteiger partial charge is 0.321 e. The van der Waals surface area contributed by atoms with Crippen molar-refractivity contribution in [1.29, 1.82) is 0 Å². The number of hydrogen-bond acceptors (Lipinski definition) is 3. The molecule has 0 aliphatic carbocycles. The number of anilines is 1. The van der Waals surface area contributed by atoms with Gasteiger partial charge in [-0.2, -0.15) is 0 Å². The van der Waals surface area contributed by atoms with Gasteiger partial charge in [-0.1, -0.05) is 23.2 Å². The van der Waals surface area contributed by atoms with Crippen molar-refractivity contribution >= 4 is 66.9 Å². The molecule has 3 rings (SSSR count). The molecule has 7 heteroatoms. The van der Waals surface area contributed by atoms with Crippen LogP contribution in [0.15, 0.2) is 30.3 Å². The molecule has 3 aromatic rings. The number of nitrogens with one attached hydrogen (secondary N) is 1. The Bertz CT molecular complexity index is 795. The number of rotatable bonds is 2. The highest BCUT2D eigenvalue weighted by Gasteiger charge is 2.19. The molecule has 0 aliphatic rings. The lowest BCUT2D eigenvalue weighted by molar-refractivity contribution is 0.103. The van der Waals surface area contributed by atoms with Gasteiger partial charge in [0.2, 0.25) is 0 Å². The summed E-state index contributed by atoms with van der Waals surface area (Å²) in [6.45, 7) is 0. The molecule has 102 valence electrons. The molecule has 0 unspecified atom stereocenters. The van der Waals surface area contributed by atoms with Crippen molar-refractivity contribution < 1.29 is 9.18 Å². The van der Waals surface area contributed by atoms with E-state index < -0.39 is 0 Å². The van der Waals surface area contributed by atoms with Crippen LogP contribution in [0.1, 0.15) is 9.67 Å². The van der Waals surface area contributed by atoms with Crippen molar-refractivity contribution in [3.05, 3.63) is 50.4 Å². The zero-order valence-corrected chi connectivity index (χ0v) is 12.9. The first-order valence-corrected chi connectivity index (χ1v) is 7.88. The summed E-state index contributed by atoms with van der Waals surface area (Å²) in [5.74, 6) is -0.668. The lowest BCUT2D eigenvalue weighted by Crippen LogP contribution is -2.10. The molecule has 1 N–H and O–H groups in total. The summed E-state index contributed by atoms with van der Waals surface area (Å²) >= 11 is 14.7. The number of amides is 1. The minimum atomic E-state index is -0.354. The van der Waals surface area contributed by atoms with Crippen molar-refractivity contribution in [1.82, 2.24) is 0 Å². The maximum absolute atomic E-state index is 12.8. The monoisotopic (exact) mass is 345 g/mol. The molecule has 0 aliphatic heterocycles. The smallest absolute Gasteiger partial charge is 0.267 e. The molecule has 1 aromatic carbocycles. The minimum Gasteiger partial charge on any atom is -0.321 e. The summed E-state index contributed by atoms with van der Waals surface area (Å²) in [4.78, 5) is 12.6. The molecule has 0 saturated carbocycles. The van der Waals surface area contributed by atoms with Crippen LogP contribution in [0.5, 0.6) is 0 Å². The van der Waals surface area contributed by atoms with Crippen LogP contribution in [0.2, 0.25) is 9.36 Å². The van der Waals surface area contributed by atoms with E-state index in [-0.39, 0.29) is 11.7 Å². The summed E-state index contributed by atoms with van der Waals surface area (Å²) in [5.41, 5.74) is 0.516. The van der Waals surface area contributed by atoms with E-state index in [1.54, 1.807) is 6.07 Å². The highest BCUT2D eigenvalue weighted by Crippen LogP contribution is 2.42. The number of fused-ring (bicyclic) bond motifs is 1. The predicted molar refractivity (Wildman–Crippen MR) is 84.1 cm³/mol. The first-order valence-electron chi connectivity index (χ1n) is 5.49. The van der Waals surface area contributed by atoms with Gasteiger partial charge in [-0.3, -0.25) is 4.79 Å². The highest BCUT2D eigenvalue weighted by molar-refractivity contribution is 7.31. The van der Waals surface area contributed by atoms with Crippen LogP contribution < -0.4 is 5.32 Å². The van der Waals surface area contributed by atoms with Crippen LogP contribution in [0, 0.1) is 5.82 Å². The van der Waals surface area contributed by atoms with Crippen molar-refractivity contribution in [3.8, 4) is 0 Å². The Balaban J connectivity index is 1.90. The van der Waals surface area contributed by atoms with Gasteiger partial charge in [0.15, 0.2) is 0 Å². The SMILES string of the molecule is O=C(Nc1ccc(F)cc1)c1sc2cc(Cl)sc2c1Cl. The van der Waals surface area contributed by atoms with Crippen molar-refractivity contribution in [2.45, 2.75) is 0 Å². The molecular formula is C13H6Cl2FNOS2. The normalized spacial score (nSPS) is 10.9. The van der Waals surface area contributed by atoms with Crippen molar-refractivity contribution in [2.24, 2.45) is 0 Å². The highest BCUT2D eigenvalue weighted by atomic mass is 35.5. The van der Waals surface area contributed by atoms with E-state index in [0.717, 1.165) is 9.40 Å². The standard InChI is InChI=1S/C13H6Cl2FNOS2/c14-9-5-8-11(20-9)10(15)12(19-8)13(18)17-7-3-1-6(16)2-4-7/h1-5H,(H,17,18). The molecule has 0 spiro atoms. The number of benzene rings is 1. The summed E-state index contributed by atoms with van der Waals surface area (Å²) in [5, 5.41) is 3.09. The first-order chi connectivity index (χ1) is 9.54. The molecule has 20 heavy (non-hydrogen) atoms. The van der Waals surface area contributed by atoms with Gasteiger partial charge in [0.25, 0.3) is 5.91 Å². The van der Waals surface area contributed by atoms with E-state index >= 15 is 0 Å². The fraction of sp³-hybridized carbons (Fsp3) is 0. The molecule has 0 atom stereocenters. The molecule has 2 nitrogen and oxygen atoms in total. The lowest BCUT2D eigenvalue weighted by atomic mass is 10.3. The Kier molecular flexibility index (Phi) is 3.69. The third kappa shape index (κ3) is 2.54. The molecule has 0 saturated heterocycles. The van der Waals surface area contributed by atoms with Gasteiger partial charge in [-0.15, -0.1) is 22.7 Å². The summed E-state index contributed by atoms with van der Waals surface area (Å²) in [6.07, 6.45) is 0. The van der Waals surface area contributed by atoms with Crippen LogP contribution >= 0.6 is 45.9 Å². The second-order valence-corrected chi connectivity index (χ2v) is 7.06. The van der Waals surface area contributed by atoms with Gasteiger partial charge in [0.05, 0.1) is 14.1 Å². The first kappa shape index (κ1) is 13.8. The Labute approximate surface area is 131 Å². The quantitative estimate of drug-likeness (QED) is 0.637. The summed E-state index contributed by atoms with van der Waals surface area (Å²) < 4.78 is 15.1. The molecule has 2 aromatic heterocycles. The fourth-order valence-corrected chi connectivity index (χ4v) is 4.62. The topological polar surface area (TPSA) is 29.1 Å². The number of halogens is 3. The molecule has 0 radical (unpaired) electrons. The Morgan fingerprint density at radius 3 is 2.50 bits per heavy atom. The van der Waals surface area contributed by atoms with Gasteiger partial charge >= 0.3 is 0 Å². The number of hydrogen-bond donors (Lipinski definition) is 1. The third-order valence-corrected chi connectivity index (χ3v) is 5.74. The third-order valence-electron chi connectivity index (χ3n) is 2.59. The van der Waals surface area contributed by atoms with Gasteiger partial charge in [0, 0.05) is 10.4 Å². The van der Waals surface area contributed by atoms with Gasteiger partial charge < -0.3 is 5.32 Å². The van der Waals surface area contributed by atoms with Crippen LogP contribution in [0.3, 0.4) is 0 Å². The van der Waals surface area contributed by atoms with Gasteiger partial charge in [-0.05, 0) is 30.3 Å². The van der Waals surface area contributed by atoms with Crippen LogP contribution in [0.25, 0.3) is 9.40 Å². The van der Waals surface area contributed by atoms with Crippen LogP contribution in [-0.4, -0.2) is 5.91 Å². The maximum atomic E-state index is 12.8. The molecule has 1 amide bonds. The molecule has 2 heterocycles. The fourth-order valence-electron chi connectivity index (χ4n) is 1.70. The van der Waals surface area contributed by atoms with E-state index in [4.69, 9.17) is 23.2 Å². The summed E-state index contributed by atoms with van der Waals surface area (Å²) in [7, 11) is 0. The van der Waals surface area contributed by atoms with E-state index in [1.807, 2.05) is 0 Å². The van der Waals surface area contributed by atoms with Gasteiger partial charge in [-0.25, -0.2) is 4.39 Å². The van der Waals surface area contributed by atoms with E-state index in [2.05, 4.69) is 5.32 Å². The Hall–Kier alpha value is -1.14. The predicted octanol–water partition coefficient (Wildman–Crippen LogP) is 5.66. The second-order valence-electron chi connectivity index (χ2n) is 3.95. The summed E-state index contributed by atoms with van der Waals surface area (Å²) in [6, 6.07) is 7.34.